The van der Waals surface area contributed by atoms with Crippen molar-refractivity contribution in [2.75, 3.05) is 0 Å². The summed E-state index contributed by atoms with van der Waals surface area (Å²) in [6.45, 7) is 2.13. The van der Waals surface area contributed by atoms with Gasteiger partial charge < -0.3 is 10.0 Å². The number of aliphatic hydroxyl groups is 1. The predicted molar refractivity (Wildman–Crippen MR) is 107 cm³/mol. The van der Waals surface area contributed by atoms with Crippen molar-refractivity contribution in [3.8, 4) is 0 Å². The highest BCUT2D eigenvalue weighted by molar-refractivity contribution is 6.46. The number of rotatable bonds is 4. The molecule has 6 heteroatoms. The molecule has 3 aromatic rings. The van der Waals surface area contributed by atoms with Gasteiger partial charge in [-0.05, 0) is 30.2 Å². The maximum Gasteiger partial charge on any atom is 0.295 e. The summed E-state index contributed by atoms with van der Waals surface area (Å²) >= 11 is 0. The number of aliphatic hydroxyl groups excluding tert-OH is 1. The van der Waals surface area contributed by atoms with E-state index in [0.29, 0.717) is 11.1 Å². The number of amides is 1. The van der Waals surface area contributed by atoms with Crippen LogP contribution in [0.3, 0.4) is 0 Å². The van der Waals surface area contributed by atoms with Crippen LogP contribution >= 0.6 is 0 Å². The van der Waals surface area contributed by atoms with Gasteiger partial charge in [-0.3, -0.25) is 19.6 Å². The number of aryl methyl sites for hydroxylation is 1. The van der Waals surface area contributed by atoms with Crippen LogP contribution in [0.1, 0.15) is 28.3 Å². The molecule has 4 rings (SSSR count). The molecule has 1 aliphatic heterocycles. The number of carbonyl (C=O) groups is 2. The summed E-state index contributed by atoms with van der Waals surface area (Å²) in [5.41, 5.74) is 3.03. The molecule has 0 saturated carbocycles. The quantitative estimate of drug-likeness (QED) is 0.423. The van der Waals surface area contributed by atoms with Gasteiger partial charge in [-0.2, -0.15) is 0 Å². The number of likely N-dealkylation sites (tertiary alicyclic amines) is 1. The van der Waals surface area contributed by atoms with Crippen LogP contribution in [-0.2, 0) is 16.1 Å². The van der Waals surface area contributed by atoms with E-state index in [1.807, 2.05) is 25.1 Å². The molecule has 0 radical (unpaired) electrons. The summed E-state index contributed by atoms with van der Waals surface area (Å²) in [6.07, 6.45) is 6.53. The molecule has 0 aliphatic carbocycles. The Morgan fingerprint density at radius 2 is 1.69 bits per heavy atom. The summed E-state index contributed by atoms with van der Waals surface area (Å²) in [5.74, 6) is -1.55. The third-order valence-corrected chi connectivity index (χ3v) is 4.94. The topological polar surface area (TPSA) is 83.4 Å². The number of ketones is 1. The fraction of sp³-hybridized carbons (Fsp3) is 0.130. The van der Waals surface area contributed by atoms with Gasteiger partial charge in [-0.25, -0.2) is 0 Å². The molecule has 1 aliphatic rings. The van der Waals surface area contributed by atoms with Crippen LogP contribution in [-0.4, -0.2) is 31.7 Å². The molecule has 2 aromatic heterocycles. The first kappa shape index (κ1) is 18.6. The molecule has 3 heterocycles. The fourth-order valence-electron chi connectivity index (χ4n) is 3.48. The standard InChI is InChI=1S/C23H19N3O3/c1-15-6-8-17(9-7-15)21(27)19-20(18-5-3-11-25-13-18)26(23(29)22(19)28)14-16-4-2-10-24-12-16/h2-13,20,27H,14H2,1H3/b21-19+/t20-/m0/s1. The first-order valence-corrected chi connectivity index (χ1v) is 9.20. The summed E-state index contributed by atoms with van der Waals surface area (Å²) in [5, 5.41) is 11.0. The van der Waals surface area contributed by atoms with Crippen LogP contribution in [0.2, 0.25) is 0 Å². The van der Waals surface area contributed by atoms with Crippen molar-refractivity contribution >= 4 is 17.4 Å². The number of pyridine rings is 2. The minimum atomic E-state index is -0.731. The highest BCUT2D eigenvalue weighted by Crippen LogP contribution is 2.39. The van der Waals surface area contributed by atoms with Gasteiger partial charge in [0.25, 0.3) is 11.7 Å². The molecule has 144 valence electrons. The monoisotopic (exact) mass is 385 g/mol. The first-order chi connectivity index (χ1) is 14.1. The Morgan fingerprint density at radius 3 is 2.31 bits per heavy atom. The van der Waals surface area contributed by atoms with Crippen LogP contribution in [0.15, 0.2) is 78.9 Å². The third-order valence-electron chi connectivity index (χ3n) is 4.94. The van der Waals surface area contributed by atoms with E-state index in [-0.39, 0.29) is 17.9 Å². The molecule has 1 saturated heterocycles. The molecular weight excluding hydrogens is 366 g/mol. The van der Waals surface area contributed by atoms with Crippen LogP contribution in [0.5, 0.6) is 0 Å². The van der Waals surface area contributed by atoms with Gasteiger partial charge in [0, 0.05) is 36.9 Å². The van der Waals surface area contributed by atoms with Gasteiger partial charge in [0.15, 0.2) is 0 Å². The van der Waals surface area contributed by atoms with Gasteiger partial charge in [-0.1, -0.05) is 42.0 Å². The molecule has 1 N–H and O–H groups in total. The highest BCUT2D eigenvalue weighted by Gasteiger charge is 2.46. The molecule has 6 nitrogen and oxygen atoms in total. The van der Waals surface area contributed by atoms with Crippen molar-refractivity contribution in [1.29, 1.82) is 0 Å². The average Bonchev–Trinajstić information content (AvgIpc) is 3.00. The maximum absolute atomic E-state index is 12.9. The Bertz CT molecular complexity index is 1080. The molecule has 1 aromatic carbocycles. The van der Waals surface area contributed by atoms with Crippen LogP contribution in [0.25, 0.3) is 5.76 Å². The summed E-state index contributed by atoms with van der Waals surface area (Å²) in [4.78, 5) is 35.5. The molecule has 0 spiro atoms. The van der Waals surface area contributed by atoms with E-state index in [4.69, 9.17) is 0 Å². The SMILES string of the molecule is Cc1ccc(/C(O)=C2\C(=O)C(=O)N(Cc3cccnc3)[C@H]2c2cccnc2)cc1. The Balaban J connectivity index is 1.85. The number of nitrogens with zero attached hydrogens (tertiary/aromatic N) is 3. The number of hydrogen-bond acceptors (Lipinski definition) is 5. The van der Waals surface area contributed by atoms with E-state index >= 15 is 0 Å². The van der Waals surface area contributed by atoms with E-state index in [1.165, 1.54) is 4.90 Å². The molecule has 1 atom stereocenters. The zero-order valence-electron chi connectivity index (χ0n) is 15.8. The second kappa shape index (κ2) is 7.67. The van der Waals surface area contributed by atoms with Gasteiger partial charge in [0.2, 0.25) is 0 Å². The summed E-state index contributed by atoms with van der Waals surface area (Å²) < 4.78 is 0. The fourth-order valence-corrected chi connectivity index (χ4v) is 3.48. The smallest absolute Gasteiger partial charge is 0.295 e. The lowest BCUT2D eigenvalue weighted by molar-refractivity contribution is -0.140. The van der Waals surface area contributed by atoms with Gasteiger partial charge in [-0.15, -0.1) is 0 Å². The van der Waals surface area contributed by atoms with Crippen LogP contribution < -0.4 is 0 Å². The molecule has 1 fully saturated rings. The van der Waals surface area contributed by atoms with Crippen LogP contribution in [0.4, 0.5) is 0 Å². The molecular formula is C23H19N3O3. The second-order valence-electron chi connectivity index (χ2n) is 6.94. The highest BCUT2D eigenvalue weighted by atomic mass is 16.3. The number of hydrogen-bond donors (Lipinski definition) is 1. The van der Waals surface area contributed by atoms with Crippen molar-refractivity contribution in [1.82, 2.24) is 14.9 Å². The zero-order valence-corrected chi connectivity index (χ0v) is 15.8. The van der Waals surface area contributed by atoms with Crippen LogP contribution in [0, 0.1) is 6.92 Å². The van der Waals surface area contributed by atoms with Gasteiger partial charge in [0.05, 0.1) is 11.6 Å². The number of benzene rings is 1. The molecule has 0 bridgehead atoms. The first-order valence-electron chi connectivity index (χ1n) is 9.20. The summed E-state index contributed by atoms with van der Waals surface area (Å²) in [7, 11) is 0. The van der Waals surface area contributed by atoms with E-state index in [1.54, 1.807) is 55.1 Å². The third kappa shape index (κ3) is 3.52. The van der Waals surface area contributed by atoms with E-state index in [9.17, 15) is 14.7 Å². The Hall–Kier alpha value is -3.80. The molecule has 29 heavy (non-hydrogen) atoms. The number of aromatic nitrogens is 2. The lowest BCUT2D eigenvalue weighted by Crippen LogP contribution is -2.29. The van der Waals surface area contributed by atoms with E-state index in [2.05, 4.69) is 9.97 Å². The van der Waals surface area contributed by atoms with Crippen molar-refractivity contribution < 1.29 is 14.7 Å². The van der Waals surface area contributed by atoms with E-state index in [0.717, 1.165) is 11.1 Å². The van der Waals surface area contributed by atoms with Gasteiger partial charge in [0.1, 0.15) is 5.76 Å². The van der Waals surface area contributed by atoms with Crippen molar-refractivity contribution in [2.45, 2.75) is 19.5 Å². The van der Waals surface area contributed by atoms with Crippen molar-refractivity contribution in [3.63, 3.8) is 0 Å². The molecule has 0 unspecified atom stereocenters. The Labute approximate surface area is 168 Å². The maximum atomic E-state index is 12.9. The van der Waals surface area contributed by atoms with Crippen molar-refractivity contribution in [2.24, 2.45) is 0 Å². The van der Waals surface area contributed by atoms with E-state index < -0.39 is 17.7 Å². The normalized spacial score (nSPS) is 18.2. The number of carbonyl (C=O) groups excluding carboxylic acids is 2. The minimum Gasteiger partial charge on any atom is -0.507 e. The summed E-state index contributed by atoms with van der Waals surface area (Å²) in [6, 6.07) is 13.6. The lowest BCUT2D eigenvalue weighted by atomic mass is 9.96. The predicted octanol–water partition coefficient (Wildman–Crippen LogP) is 3.41. The van der Waals surface area contributed by atoms with Gasteiger partial charge >= 0.3 is 0 Å². The Kier molecular flexibility index (Phi) is 4.91. The van der Waals surface area contributed by atoms with Crippen molar-refractivity contribution in [3.05, 3.63) is 101 Å². The lowest BCUT2D eigenvalue weighted by Gasteiger charge is -2.25. The largest absolute Gasteiger partial charge is 0.507 e. The minimum absolute atomic E-state index is 0.0655. The second-order valence-corrected chi connectivity index (χ2v) is 6.94. The Morgan fingerprint density at radius 1 is 1.00 bits per heavy atom. The average molecular weight is 385 g/mol. The molecule has 1 amide bonds. The number of Topliss-reactive ketones (excluding diaryl/α,β-unsaturated/α-hetero) is 1. The zero-order chi connectivity index (χ0) is 20.4.